The average Bonchev–Trinajstić information content (AvgIpc) is 3.27. The van der Waals surface area contributed by atoms with Crippen molar-refractivity contribution in [3.8, 4) is 0 Å². The quantitative estimate of drug-likeness (QED) is 0.684. The third kappa shape index (κ3) is 6.73. The number of nitrogens with zero attached hydrogens (tertiary/aromatic N) is 5. The molecule has 3 atom stereocenters. The summed E-state index contributed by atoms with van der Waals surface area (Å²) in [6, 6.07) is 5.13. The van der Waals surface area contributed by atoms with Crippen LogP contribution in [0.5, 0.6) is 0 Å². The van der Waals surface area contributed by atoms with E-state index in [9.17, 15) is 19.1 Å². The zero-order valence-corrected chi connectivity index (χ0v) is 19.9. The van der Waals surface area contributed by atoms with Crippen molar-refractivity contribution in [1.82, 2.24) is 24.8 Å². The summed E-state index contributed by atoms with van der Waals surface area (Å²) in [4.78, 5) is 28.7. The second kappa shape index (κ2) is 11.9. The van der Waals surface area contributed by atoms with Crippen molar-refractivity contribution in [1.29, 1.82) is 0 Å². The van der Waals surface area contributed by atoms with Crippen molar-refractivity contribution in [3.05, 3.63) is 42.0 Å². The lowest BCUT2D eigenvalue weighted by atomic mass is 10.0. The standard InChI is InChI=1S/C23H33FN6O4/c1-16-11-30(17(2)14-31)22(32)9-6-10-29-12-18(26-27-29)15-34-21(16)13-28(3)23(33)25-20-8-5-4-7-19(20)24/h4-5,7-8,12,16-17,21,31H,6,9-11,13-15H2,1-3H3,(H,25,33)/t16-,17-,21+/m0/s1. The zero-order chi connectivity index (χ0) is 24.7. The van der Waals surface area contributed by atoms with Gasteiger partial charge in [0.2, 0.25) is 5.91 Å². The predicted octanol–water partition coefficient (Wildman–Crippen LogP) is 2.11. The lowest BCUT2D eigenvalue weighted by Gasteiger charge is -2.35. The van der Waals surface area contributed by atoms with Gasteiger partial charge >= 0.3 is 6.03 Å². The molecule has 2 N–H and O–H groups in total. The number of aliphatic hydroxyl groups is 1. The van der Waals surface area contributed by atoms with E-state index in [0.717, 1.165) is 0 Å². The first kappa shape index (κ1) is 25.6. The van der Waals surface area contributed by atoms with Crippen LogP contribution in [0.2, 0.25) is 0 Å². The Labute approximate surface area is 198 Å². The van der Waals surface area contributed by atoms with Crippen LogP contribution in [0.15, 0.2) is 30.5 Å². The van der Waals surface area contributed by atoms with Gasteiger partial charge in [0.15, 0.2) is 0 Å². The van der Waals surface area contributed by atoms with Gasteiger partial charge in [-0.2, -0.15) is 0 Å². The van der Waals surface area contributed by atoms with Crippen LogP contribution in [0, 0.1) is 11.7 Å². The first-order valence-electron chi connectivity index (χ1n) is 11.5. The number of aryl methyl sites for hydroxylation is 1. The van der Waals surface area contributed by atoms with Crippen LogP contribution in [0.25, 0.3) is 0 Å². The van der Waals surface area contributed by atoms with Crippen LogP contribution in [0.4, 0.5) is 14.9 Å². The molecular formula is C23H33FN6O4. The monoisotopic (exact) mass is 476 g/mol. The molecule has 0 radical (unpaired) electrons. The number of para-hydroxylation sites is 1. The summed E-state index contributed by atoms with van der Waals surface area (Å²) >= 11 is 0. The Morgan fingerprint density at radius 3 is 2.91 bits per heavy atom. The topological polar surface area (TPSA) is 113 Å². The maximum atomic E-state index is 14.0. The highest BCUT2D eigenvalue weighted by molar-refractivity contribution is 5.89. The van der Waals surface area contributed by atoms with Gasteiger partial charge in [-0.3, -0.25) is 9.48 Å². The van der Waals surface area contributed by atoms with Gasteiger partial charge in [-0.1, -0.05) is 24.3 Å². The molecule has 1 aromatic carbocycles. The first-order chi connectivity index (χ1) is 16.3. The van der Waals surface area contributed by atoms with Crippen molar-refractivity contribution in [3.63, 3.8) is 0 Å². The number of carbonyl (C=O) groups is 2. The molecule has 34 heavy (non-hydrogen) atoms. The summed E-state index contributed by atoms with van der Waals surface area (Å²) in [5, 5.41) is 20.5. The summed E-state index contributed by atoms with van der Waals surface area (Å²) in [7, 11) is 1.60. The van der Waals surface area contributed by atoms with Gasteiger partial charge < -0.3 is 25.0 Å². The third-order valence-corrected chi connectivity index (χ3v) is 5.96. The number of aromatic nitrogens is 3. The van der Waals surface area contributed by atoms with Crippen LogP contribution >= 0.6 is 0 Å². The number of likely N-dealkylation sites (N-methyl/N-ethyl adjacent to an activating group) is 1. The van der Waals surface area contributed by atoms with Crippen LogP contribution in [0.3, 0.4) is 0 Å². The molecule has 1 aromatic heterocycles. The molecule has 2 heterocycles. The Bertz CT molecular complexity index is 970. The van der Waals surface area contributed by atoms with Crippen molar-refractivity contribution < 1.29 is 23.8 Å². The number of anilines is 1. The molecular weight excluding hydrogens is 443 g/mol. The van der Waals surface area contributed by atoms with E-state index in [1.807, 2.05) is 6.92 Å². The van der Waals surface area contributed by atoms with E-state index in [2.05, 4.69) is 15.6 Å². The Morgan fingerprint density at radius 1 is 1.41 bits per heavy atom. The highest BCUT2D eigenvalue weighted by Crippen LogP contribution is 2.18. The summed E-state index contributed by atoms with van der Waals surface area (Å²) < 4.78 is 21.8. The highest BCUT2D eigenvalue weighted by atomic mass is 19.1. The minimum absolute atomic E-state index is 0.0580. The summed E-state index contributed by atoms with van der Waals surface area (Å²) in [5.74, 6) is -0.749. The fourth-order valence-corrected chi connectivity index (χ4v) is 3.82. The molecule has 0 saturated carbocycles. The SMILES string of the molecule is C[C@H]1CN([C@@H](C)CO)C(=O)CCCn2cc(nn2)CO[C@@H]1CN(C)C(=O)Nc1ccccc1F. The molecule has 186 valence electrons. The van der Waals surface area contributed by atoms with Gasteiger partial charge in [0.25, 0.3) is 0 Å². The smallest absolute Gasteiger partial charge is 0.321 e. The number of hydrogen-bond donors (Lipinski definition) is 2. The van der Waals surface area contributed by atoms with Crippen LogP contribution < -0.4 is 5.32 Å². The van der Waals surface area contributed by atoms with Crippen LogP contribution in [-0.4, -0.2) is 80.7 Å². The fourth-order valence-electron chi connectivity index (χ4n) is 3.82. The van der Waals surface area contributed by atoms with Gasteiger partial charge in [0.1, 0.15) is 11.5 Å². The van der Waals surface area contributed by atoms with E-state index in [4.69, 9.17) is 4.74 Å². The minimum atomic E-state index is -0.522. The number of halogens is 1. The molecule has 0 unspecified atom stereocenters. The summed E-state index contributed by atoms with van der Waals surface area (Å²) in [5.41, 5.74) is 0.746. The van der Waals surface area contributed by atoms with E-state index in [-0.39, 0.29) is 43.3 Å². The van der Waals surface area contributed by atoms with Gasteiger partial charge in [-0.05, 0) is 25.5 Å². The molecule has 2 aromatic rings. The highest BCUT2D eigenvalue weighted by Gasteiger charge is 2.29. The van der Waals surface area contributed by atoms with Crippen LogP contribution in [-0.2, 0) is 22.7 Å². The van der Waals surface area contributed by atoms with Crippen molar-refractivity contribution >= 4 is 17.6 Å². The number of ether oxygens (including phenoxy) is 1. The Morgan fingerprint density at radius 2 is 2.18 bits per heavy atom. The number of amides is 3. The Balaban J connectivity index is 1.76. The summed E-state index contributed by atoms with van der Waals surface area (Å²) in [6.45, 7) is 4.90. The molecule has 1 aliphatic rings. The number of aliphatic hydroxyl groups excluding tert-OH is 1. The Hall–Kier alpha value is -3.05. The maximum absolute atomic E-state index is 14.0. The van der Waals surface area contributed by atoms with E-state index in [1.165, 1.54) is 17.0 Å². The lowest BCUT2D eigenvalue weighted by molar-refractivity contribution is -0.136. The average molecular weight is 477 g/mol. The van der Waals surface area contributed by atoms with Gasteiger partial charge in [0, 0.05) is 39.0 Å². The zero-order valence-electron chi connectivity index (χ0n) is 19.9. The van der Waals surface area contributed by atoms with Crippen LogP contribution in [0.1, 0.15) is 32.4 Å². The van der Waals surface area contributed by atoms with E-state index < -0.39 is 18.0 Å². The van der Waals surface area contributed by atoms with E-state index >= 15 is 0 Å². The number of urea groups is 1. The molecule has 3 amide bonds. The molecule has 0 spiro atoms. The lowest BCUT2D eigenvalue weighted by Crippen LogP contribution is -2.48. The molecule has 2 bridgehead atoms. The second-order valence-electron chi connectivity index (χ2n) is 8.77. The number of carbonyl (C=O) groups excluding carboxylic acids is 2. The number of rotatable bonds is 5. The van der Waals surface area contributed by atoms with Gasteiger partial charge in [-0.15, -0.1) is 5.10 Å². The molecule has 0 aliphatic carbocycles. The number of nitrogens with one attached hydrogen (secondary N) is 1. The van der Waals surface area contributed by atoms with E-state index in [1.54, 1.807) is 41.9 Å². The Kier molecular flexibility index (Phi) is 8.94. The first-order valence-corrected chi connectivity index (χ1v) is 11.5. The molecule has 0 saturated heterocycles. The van der Waals surface area contributed by atoms with Crippen molar-refractivity contribution in [2.45, 2.75) is 52.0 Å². The number of fused-ring (bicyclic) bond motifs is 2. The number of hydrogen-bond acceptors (Lipinski definition) is 6. The van der Waals surface area contributed by atoms with E-state index in [0.29, 0.717) is 31.6 Å². The molecule has 0 fully saturated rings. The molecule has 11 heteroatoms. The maximum Gasteiger partial charge on any atom is 0.321 e. The predicted molar refractivity (Wildman–Crippen MR) is 123 cm³/mol. The molecule has 3 rings (SSSR count). The third-order valence-electron chi connectivity index (χ3n) is 5.96. The minimum Gasteiger partial charge on any atom is -0.394 e. The van der Waals surface area contributed by atoms with Gasteiger partial charge in [-0.25, -0.2) is 9.18 Å². The second-order valence-corrected chi connectivity index (χ2v) is 8.77. The van der Waals surface area contributed by atoms with Gasteiger partial charge in [0.05, 0.1) is 37.2 Å². The summed E-state index contributed by atoms with van der Waals surface area (Å²) in [6.07, 6.45) is 2.26. The molecule has 1 aliphatic heterocycles. The van der Waals surface area contributed by atoms with Crippen molar-refractivity contribution in [2.24, 2.45) is 5.92 Å². The molecule has 10 nitrogen and oxygen atoms in total. The fraction of sp³-hybridized carbons (Fsp3) is 0.565. The largest absolute Gasteiger partial charge is 0.394 e. The number of benzene rings is 1. The van der Waals surface area contributed by atoms with Crippen molar-refractivity contribution in [2.75, 3.05) is 32.1 Å². The normalized spacial score (nSPS) is 20.6.